The van der Waals surface area contributed by atoms with Crippen LogP contribution in [-0.4, -0.2) is 40.4 Å². The lowest BCUT2D eigenvalue weighted by Gasteiger charge is -2.38. The molecule has 0 aromatic carbocycles. The third-order valence-corrected chi connectivity index (χ3v) is 4.53. The summed E-state index contributed by atoms with van der Waals surface area (Å²) in [6, 6.07) is 0. The number of nitrogens with one attached hydrogen (secondary N) is 1. The van der Waals surface area contributed by atoms with Crippen LogP contribution in [0.4, 0.5) is 0 Å². The third kappa shape index (κ3) is 23.5. The molecule has 0 heterocycles. The molecule has 0 saturated carbocycles. The summed E-state index contributed by atoms with van der Waals surface area (Å²) in [5.41, 5.74) is 5.44. The smallest absolute Gasteiger partial charge is 0.220 e. The summed E-state index contributed by atoms with van der Waals surface area (Å²) in [6.45, 7) is 21.7. The number of nitrogens with two attached hydrogens (primary N) is 1. The largest absolute Gasteiger partial charge is 0.396 e. The summed E-state index contributed by atoms with van der Waals surface area (Å²) in [5.74, 6) is 0.880. The van der Waals surface area contributed by atoms with Crippen LogP contribution in [0.3, 0.4) is 0 Å². The predicted octanol–water partition coefficient (Wildman–Crippen LogP) is 4.64. The van der Waals surface area contributed by atoms with Crippen LogP contribution in [-0.2, 0) is 4.79 Å². The quantitative estimate of drug-likeness (QED) is 0.349. The first kappa shape index (κ1) is 30.5. The minimum Gasteiger partial charge on any atom is -0.396 e. The normalized spacial score (nSPS) is 13.2. The van der Waals surface area contributed by atoms with Gasteiger partial charge in [0, 0.05) is 25.1 Å². The molecule has 0 rings (SSSR count). The van der Waals surface area contributed by atoms with E-state index >= 15 is 0 Å². The molecule has 5 nitrogen and oxygen atoms in total. The van der Waals surface area contributed by atoms with Crippen LogP contribution in [0.2, 0.25) is 0 Å². The summed E-state index contributed by atoms with van der Waals surface area (Å²) in [5, 5.41) is 20.2. The van der Waals surface area contributed by atoms with Crippen molar-refractivity contribution in [3.63, 3.8) is 0 Å². The first-order chi connectivity index (χ1) is 12.8. The molecule has 0 aromatic heterocycles. The molecule has 1 amide bonds. The molecule has 29 heavy (non-hydrogen) atoms. The highest BCUT2D eigenvalue weighted by atomic mass is 16.3. The number of amides is 1. The second-order valence-electron chi connectivity index (χ2n) is 12.0. The number of hydrogen-bond acceptors (Lipinski definition) is 4. The minimum absolute atomic E-state index is 0.00309. The second-order valence-corrected chi connectivity index (χ2v) is 12.0. The summed E-state index contributed by atoms with van der Waals surface area (Å²) < 4.78 is 0. The van der Waals surface area contributed by atoms with E-state index in [4.69, 9.17) is 15.9 Å². The highest BCUT2D eigenvalue weighted by Crippen LogP contribution is 2.40. The molecule has 0 aliphatic carbocycles. The van der Waals surface area contributed by atoms with Crippen LogP contribution in [0.5, 0.6) is 0 Å². The summed E-state index contributed by atoms with van der Waals surface area (Å²) in [4.78, 5) is 12.1. The van der Waals surface area contributed by atoms with Gasteiger partial charge >= 0.3 is 0 Å². The van der Waals surface area contributed by atoms with Crippen LogP contribution in [0.1, 0.15) is 108 Å². The van der Waals surface area contributed by atoms with Gasteiger partial charge in [-0.2, -0.15) is 0 Å². The van der Waals surface area contributed by atoms with Crippen molar-refractivity contribution >= 4 is 5.91 Å². The van der Waals surface area contributed by atoms with Crippen molar-refractivity contribution < 1.29 is 15.0 Å². The van der Waals surface area contributed by atoms with E-state index in [0.717, 1.165) is 25.8 Å². The van der Waals surface area contributed by atoms with E-state index in [9.17, 15) is 4.79 Å². The van der Waals surface area contributed by atoms with Gasteiger partial charge in [0.15, 0.2) is 0 Å². The van der Waals surface area contributed by atoms with Crippen molar-refractivity contribution in [3.8, 4) is 0 Å². The SMILES string of the molecule is CC(C)(O)CCO.CC(C)CCCNC(=O)CC(C)(C)CC(C)(C)CC(C)(C)N. The summed E-state index contributed by atoms with van der Waals surface area (Å²) in [6.07, 6.45) is 5.23. The number of aliphatic hydroxyl groups excluding tert-OH is 1. The van der Waals surface area contributed by atoms with Gasteiger partial charge in [-0.05, 0) is 76.5 Å². The van der Waals surface area contributed by atoms with E-state index in [1.807, 2.05) is 0 Å². The van der Waals surface area contributed by atoms with Gasteiger partial charge in [0.2, 0.25) is 5.91 Å². The molecular formula is C24H52N2O3. The van der Waals surface area contributed by atoms with Crippen LogP contribution in [0.15, 0.2) is 0 Å². The Morgan fingerprint density at radius 1 is 0.966 bits per heavy atom. The van der Waals surface area contributed by atoms with Gasteiger partial charge in [-0.3, -0.25) is 4.79 Å². The summed E-state index contributed by atoms with van der Waals surface area (Å²) in [7, 11) is 0. The standard InChI is InChI=1S/C19H40N2O.C5H12O2/c1-15(2)10-9-11-21-16(22)12-17(3,4)13-18(5,6)14-19(7,8)20;1-5(2,7)3-4-6/h15H,9-14,20H2,1-8H3,(H,21,22);6-7H,3-4H2,1-2H3. The number of rotatable bonds is 12. The molecule has 176 valence electrons. The van der Waals surface area contributed by atoms with Gasteiger partial charge in [-0.15, -0.1) is 0 Å². The Morgan fingerprint density at radius 3 is 1.83 bits per heavy atom. The average Bonchev–Trinajstić information content (AvgIpc) is 2.37. The highest BCUT2D eigenvalue weighted by molar-refractivity contribution is 5.76. The first-order valence-electron chi connectivity index (χ1n) is 11.2. The number of hydrogen-bond donors (Lipinski definition) is 4. The van der Waals surface area contributed by atoms with Crippen molar-refractivity contribution in [1.29, 1.82) is 0 Å². The maximum Gasteiger partial charge on any atom is 0.220 e. The van der Waals surface area contributed by atoms with Gasteiger partial charge in [-0.1, -0.05) is 41.5 Å². The second kappa shape index (κ2) is 12.9. The van der Waals surface area contributed by atoms with Crippen molar-refractivity contribution in [2.24, 2.45) is 22.5 Å². The van der Waals surface area contributed by atoms with Gasteiger partial charge in [0.25, 0.3) is 0 Å². The van der Waals surface area contributed by atoms with Crippen molar-refractivity contribution in [1.82, 2.24) is 5.32 Å². The molecule has 0 fully saturated rings. The molecule has 0 bridgehead atoms. The topological polar surface area (TPSA) is 95.6 Å². The molecule has 5 N–H and O–H groups in total. The minimum atomic E-state index is -0.700. The Morgan fingerprint density at radius 2 is 1.48 bits per heavy atom. The Balaban J connectivity index is 0. The van der Waals surface area contributed by atoms with E-state index in [2.05, 4.69) is 60.7 Å². The lowest BCUT2D eigenvalue weighted by Crippen LogP contribution is -2.39. The maximum absolute atomic E-state index is 12.1. The monoisotopic (exact) mass is 416 g/mol. The van der Waals surface area contributed by atoms with Gasteiger partial charge in [-0.25, -0.2) is 0 Å². The average molecular weight is 417 g/mol. The van der Waals surface area contributed by atoms with Crippen molar-refractivity contribution in [2.45, 2.75) is 119 Å². The van der Waals surface area contributed by atoms with E-state index in [0.29, 0.717) is 18.8 Å². The first-order valence-corrected chi connectivity index (χ1v) is 11.2. The predicted molar refractivity (Wildman–Crippen MR) is 125 cm³/mol. The van der Waals surface area contributed by atoms with Crippen LogP contribution in [0.25, 0.3) is 0 Å². The molecule has 0 saturated heterocycles. The lowest BCUT2D eigenvalue weighted by molar-refractivity contribution is -0.123. The molecule has 0 aliphatic rings. The van der Waals surface area contributed by atoms with Crippen LogP contribution in [0, 0.1) is 16.7 Å². The van der Waals surface area contributed by atoms with E-state index < -0.39 is 5.60 Å². The zero-order valence-electron chi connectivity index (χ0n) is 21.1. The molecule has 0 radical (unpaired) electrons. The number of carbonyl (C=O) groups is 1. The Bertz CT molecular complexity index is 444. The Hall–Kier alpha value is -0.650. The lowest BCUT2D eigenvalue weighted by atomic mass is 9.69. The van der Waals surface area contributed by atoms with Gasteiger partial charge in [0.05, 0.1) is 5.60 Å². The maximum atomic E-state index is 12.1. The fraction of sp³-hybridized carbons (Fsp3) is 0.958. The van der Waals surface area contributed by atoms with Gasteiger partial charge in [0.1, 0.15) is 0 Å². The molecular weight excluding hydrogens is 364 g/mol. The highest BCUT2D eigenvalue weighted by Gasteiger charge is 2.33. The Labute approximate surface area is 181 Å². The van der Waals surface area contributed by atoms with Crippen LogP contribution >= 0.6 is 0 Å². The number of carbonyl (C=O) groups excluding carboxylic acids is 1. The molecule has 0 aliphatic heterocycles. The fourth-order valence-corrected chi connectivity index (χ4v) is 4.16. The van der Waals surface area contributed by atoms with Gasteiger partial charge < -0.3 is 21.3 Å². The zero-order chi connectivity index (χ0) is 23.5. The molecule has 0 spiro atoms. The molecule has 5 heteroatoms. The van der Waals surface area contributed by atoms with E-state index in [1.54, 1.807) is 13.8 Å². The number of aliphatic hydroxyl groups is 2. The molecule has 0 unspecified atom stereocenters. The zero-order valence-corrected chi connectivity index (χ0v) is 21.1. The van der Waals surface area contributed by atoms with Crippen molar-refractivity contribution in [2.75, 3.05) is 13.2 Å². The molecule has 0 atom stereocenters. The summed E-state index contributed by atoms with van der Waals surface area (Å²) >= 11 is 0. The third-order valence-electron chi connectivity index (χ3n) is 4.53. The van der Waals surface area contributed by atoms with E-state index in [-0.39, 0.29) is 28.9 Å². The Kier molecular flexibility index (Phi) is 13.6. The van der Waals surface area contributed by atoms with Crippen LogP contribution < -0.4 is 11.1 Å². The van der Waals surface area contributed by atoms with Crippen molar-refractivity contribution in [3.05, 3.63) is 0 Å². The van der Waals surface area contributed by atoms with E-state index in [1.165, 1.54) is 6.42 Å². The molecule has 0 aromatic rings. The fourth-order valence-electron chi connectivity index (χ4n) is 4.16.